The van der Waals surface area contributed by atoms with Gasteiger partial charge in [0.05, 0.1) is 11.0 Å². The van der Waals surface area contributed by atoms with Gasteiger partial charge in [0.15, 0.2) is 0 Å². The molecule has 1 aromatic rings. The largest absolute Gasteiger partial charge is 0.509 e. The van der Waals surface area contributed by atoms with Crippen LogP contribution in [0, 0.1) is 10.1 Å². The number of nitrogens with zero attached hydrogens (tertiary/aromatic N) is 2. The van der Waals surface area contributed by atoms with Gasteiger partial charge in [0.2, 0.25) is 0 Å². The quantitative estimate of drug-likeness (QED) is 0.471. The molecule has 1 aliphatic heterocycles. The molecule has 0 aromatic heterocycles. The van der Waals surface area contributed by atoms with Crippen molar-refractivity contribution in [2.45, 2.75) is 12.1 Å². The molecule has 0 spiro atoms. The molecular weight excluding hydrogens is 252 g/mol. The molecule has 1 aromatic carbocycles. The number of nitro benzene ring substituents is 1. The van der Waals surface area contributed by atoms with Crippen molar-refractivity contribution in [2.75, 3.05) is 20.7 Å². The van der Waals surface area contributed by atoms with Gasteiger partial charge in [-0.2, -0.15) is 0 Å². The normalized spacial score (nSPS) is 22.8. The minimum absolute atomic E-state index is 0.00328. The zero-order chi connectivity index (χ0) is 14.0. The van der Waals surface area contributed by atoms with Crippen LogP contribution in [0.15, 0.2) is 24.3 Å². The Bertz CT molecular complexity index is 485. The second-order valence-electron chi connectivity index (χ2n) is 4.48. The molecule has 0 radical (unpaired) electrons. The SMILES string of the molecule is CN(C)[C@@H]1COC(=O)O[C@@H]1c1ccc([N+](=O)[O-])cc1. The van der Waals surface area contributed by atoms with Crippen molar-refractivity contribution < 1.29 is 19.2 Å². The summed E-state index contributed by atoms with van der Waals surface area (Å²) in [6.07, 6.45) is -1.21. The lowest BCUT2D eigenvalue weighted by Crippen LogP contribution is -2.44. The van der Waals surface area contributed by atoms with Crippen LogP contribution >= 0.6 is 0 Å². The Labute approximate surface area is 109 Å². The molecule has 102 valence electrons. The van der Waals surface area contributed by atoms with E-state index in [0.29, 0.717) is 5.56 Å². The van der Waals surface area contributed by atoms with Gasteiger partial charge in [-0.05, 0) is 31.8 Å². The van der Waals surface area contributed by atoms with E-state index < -0.39 is 17.2 Å². The second kappa shape index (κ2) is 5.23. The van der Waals surface area contributed by atoms with E-state index in [1.54, 1.807) is 12.1 Å². The zero-order valence-corrected chi connectivity index (χ0v) is 10.6. The van der Waals surface area contributed by atoms with Crippen molar-refractivity contribution in [3.63, 3.8) is 0 Å². The topological polar surface area (TPSA) is 81.9 Å². The number of carbonyl (C=O) groups is 1. The van der Waals surface area contributed by atoms with Gasteiger partial charge in [0, 0.05) is 12.1 Å². The Kier molecular flexibility index (Phi) is 3.66. The summed E-state index contributed by atoms with van der Waals surface area (Å²) < 4.78 is 10.0. The highest BCUT2D eigenvalue weighted by Crippen LogP contribution is 2.29. The van der Waals surface area contributed by atoms with E-state index in [2.05, 4.69) is 0 Å². The fourth-order valence-electron chi connectivity index (χ4n) is 1.95. The summed E-state index contributed by atoms with van der Waals surface area (Å²) in [7, 11) is 3.71. The van der Waals surface area contributed by atoms with Crippen molar-refractivity contribution >= 4 is 11.8 Å². The first-order valence-electron chi connectivity index (χ1n) is 5.73. The van der Waals surface area contributed by atoms with E-state index in [4.69, 9.17) is 9.47 Å². The Balaban J connectivity index is 2.25. The van der Waals surface area contributed by atoms with Crippen molar-refractivity contribution in [1.29, 1.82) is 0 Å². The smallest absolute Gasteiger partial charge is 0.432 e. The Hall–Kier alpha value is -2.15. The third-order valence-electron chi connectivity index (χ3n) is 3.04. The standard InChI is InChI=1S/C12H14N2O5/c1-13(2)10-7-18-12(15)19-11(10)8-3-5-9(6-4-8)14(16)17/h3-6,10-11H,7H2,1-2H3/t10-,11-/m1/s1. The van der Waals surface area contributed by atoms with Gasteiger partial charge in [-0.3, -0.25) is 15.0 Å². The fraction of sp³-hybridized carbons (Fsp3) is 0.417. The monoisotopic (exact) mass is 266 g/mol. The average Bonchev–Trinajstić information content (AvgIpc) is 2.38. The Morgan fingerprint density at radius 1 is 1.32 bits per heavy atom. The van der Waals surface area contributed by atoms with Crippen molar-refractivity contribution in [3.05, 3.63) is 39.9 Å². The highest BCUT2D eigenvalue weighted by atomic mass is 16.7. The summed E-state index contributed by atoms with van der Waals surface area (Å²) in [6.45, 7) is 0.230. The summed E-state index contributed by atoms with van der Waals surface area (Å²) in [5, 5.41) is 10.6. The first-order valence-corrected chi connectivity index (χ1v) is 5.73. The van der Waals surface area contributed by atoms with Crippen molar-refractivity contribution in [2.24, 2.45) is 0 Å². The molecular formula is C12H14N2O5. The molecule has 1 saturated heterocycles. The molecule has 7 nitrogen and oxygen atoms in total. The number of hydrogen-bond donors (Lipinski definition) is 0. The molecule has 0 bridgehead atoms. The Morgan fingerprint density at radius 3 is 2.47 bits per heavy atom. The summed E-state index contributed by atoms with van der Waals surface area (Å²) in [4.78, 5) is 23.2. The van der Waals surface area contributed by atoms with E-state index >= 15 is 0 Å². The number of cyclic esters (lactones) is 2. The lowest BCUT2D eigenvalue weighted by Gasteiger charge is -2.34. The molecule has 1 fully saturated rings. The zero-order valence-electron chi connectivity index (χ0n) is 10.6. The Morgan fingerprint density at radius 2 is 1.95 bits per heavy atom. The first kappa shape index (κ1) is 13.3. The van der Waals surface area contributed by atoms with Crippen LogP contribution in [-0.4, -0.2) is 42.7 Å². The highest BCUT2D eigenvalue weighted by Gasteiger charge is 2.35. The van der Waals surface area contributed by atoms with Crippen LogP contribution in [-0.2, 0) is 9.47 Å². The number of ether oxygens (including phenoxy) is 2. The average molecular weight is 266 g/mol. The number of rotatable bonds is 3. The summed E-state index contributed by atoms with van der Waals surface area (Å²) >= 11 is 0. The second-order valence-corrected chi connectivity index (χ2v) is 4.48. The van der Waals surface area contributed by atoms with Crippen molar-refractivity contribution in [3.8, 4) is 0 Å². The maximum atomic E-state index is 11.2. The predicted octanol–water partition coefficient (Wildman–Crippen LogP) is 1.73. The van der Waals surface area contributed by atoms with Crippen LogP contribution in [0.3, 0.4) is 0 Å². The lowest BCUT2D eigenvalue weighted by atomic mass is 10.0. The first-order chi connectivity index (χ1) is 8.99. The summed E-state index contributed by atoms with van der Waals surface area (Å²) in [5.41, 5.74) is 0.712. The molecule has 19 heavy (non-hydrogen) atoms. The highest BCUT2D eigenvalue weighted by molar-refractivity contribution is 5.61. The van der Waals surface area contributed by atoms with E-state index in [0.717, 1.165) is 0 Å². The molecule has 0 amide bonds. The molecule has 0 saturated carbocycles. The van der Waals surface area contributed by atoms with Gasteiger partial charge in [0.1, 0.15) is 12.7 Å². The number of carbonyl (C=O) groups excluding carboxylic acids is 1. The van der Waals surface area contributed by atoms with Crippen LogP contribution in [0.5, 0.6) is 0 Å². The van der Waals surface area contributed by atoms with E-state index in [1.165, 1.54) is 12.1 Å². The van der Waals surface area contributed by atoms with Gasteiger partial charge >= 0.3 is 6.16 Å². The third-order valence-corrected chi connectivity index (χ3v) is 3.04. The fourth-order valence-corrected chi connectivity index (χ4v) is 1.95. The van der Waals surface area contributed by atoms with Crippen LogP contribution in [0.1, 0.15) is 11.7 Å². The van der Waals surface area contributed by atoms with Crippen molar-refractivity contribution in [1.82, 2.24) is 4.90 Å². The summed E-state index contributed by atoms with van der Waals surface area (Å²) in [5.74, 6) is 0. The van der Waals surface area contributed by atoms with Crippen LogP contribution < -0.4 is 0 Å². The van der Waals surface area contributed by atoms with Crippen LogP contribution in [0.2, 0.25) is 0 Å². The molecule has 0 aliphatic carbocycles. The molecule has 1 heterocycles. The minimum Gasteiger partial charge on any atom is -0.432 e. The van der Waals surface area contributed by atoms with Gasteiger partial charge < -0.3 is 9.47 Å². The summed E-state index contributed by atoms with van der Waals surface area (Å²) in [6, 6.07) is 5.85. The van der Waals surface area contributed by atoms with Gasteiger partial charge in [-0.15, -0.1) is 0 Å². The number of non-ortho nitro benzene ring substituents is 1. The number of hydrogen-bond acceptors (Lipinski definition) is 6. The van der Waals surface area contributed by atoms with Gasteiger partial charge in [-0.25, -0.2) is 4.79 Å². The number of likely N-dealkylation sites (N-methyl/N-ethyl adjacent to an activating group) is 1. The minimum atomic E-state index is -0.721. The number of benzene rings is 1. The van der Waals surface area contributed by atoms with Crippen LogP contribution in [0.25, 0.3) is 0 Å². The maximum absolute atomic E-state index is 11.2. The van der Waals surface area contributed by atoms with Gasteiger partial charge in [0.25, 0.3) is 5.69 Å². The molecule has 7 heteroatoms. The maximum Gasteiger partial charge on any atom is 0.509 e. The third kappa shape index (κ3) is 2.82. The molecule has 0 unspecified atom stereocenters. The molecule has 2 rings (SSSR count). The van der Waals surface area contributed by atoms with E-state index in [-0.39, 0.29) is 18.3 Å². The van der Waals surface area contributed by atoms with E-state index in [9.17, 15) is 14.9 Å². The number of nitro groups is 1. The van der Waals surface area contributed by atoms with Crippen LogP contribution in [0.4, 0.5) is 10.5 Å². The predicted molar refractivity (Wildman–Crippen MR) is 65.7 cm³/mol. The van der Waals surface area contributed by atoms with E-state index in [1.807, 2.05) is 19.0 Å². The lowest BCUT2D eigenvalue weighted by molar-refractivity contribution is -0.384. The molecule has 2 atom stereocenters. The molecule has 1 aliphatic rings. The molecule has 0 N–H and O–H groups in total. The van der Waals surface area contributed by atoms with Gasteiger partial charge in [-0.1, -0.05) is 0 Å².